The molecule has 9 nitrogen and oxygen atoms in total. The summed E-state index contributed by atoms with van der Waals surface area (Å²) in [6, 6.07) is 18.7. The van der Waals surface area contributed by atoms with Crippen molar-refractivity contribution in [3.63, 3.8) is 0 Å². The van der Waals surface area contributed by atoms with Gasteiger partial charge in [0, 0.05) is 18.8 Å². The first kappa shape index (κ1) is 27.6. The Morgan fingerprint density at radius 3 is 2.27 bits per heavy atom. The van der Waals surface area contributed by atoms with Gasteiger partial charge in [-0.15, -0.1) is 0 Å². The number of benzene rings is 3. The van der Waals surface area contributed by atoms with Gasteiger partial charge in [0.05, 0.1) is 11.5 Å². The number of halogens is 1. The van der Waals surface area contributed by atoms with Crippen LogP contribution in [0.15, 0.2) is 83.8 Å². The van der Waals surface area contributed by atoms with E-state index < -0.39 is 33.7 Å². The smallest absolute Gasteiger partial charge is 0.261 e. The number of aliphatic hydroxyl groups is 1. The molecule has 1 atom stereocenters. The second kappa shape index (κ2) is 12.8. The maximum atomic E-state index is 13.1. The fourth-order valence-corrected chi connectivity index (χ4v) is 4.42. The van der Waals surface area contributed by atoms with Crippen LogP contribution in [0.1, 0.15) is 12.5 Å². The quantitative estimate of drug-likeness (QED) is 0.331. The fourth-order valence-electron chi connectivity index (χ4n) is 3.36. The molecule has 11 heteroatoms. The number of sulfonamides is 1. The molecule has 37 heavy (non-hydrogen) atoms. The predicted octanol–water partition coefficient (Wildman–Crippen LogP) is 2.53. The average molecular weight is 530 g/mol. The van der Waals surface area contributed by atoms with Crippen molar-refractivity contribution in [1.29, 1.82) is 0 Å². The summed E-state index contributed by atoms with van der Waals surface area (Å²) < 4.78 is 46.2. The molecule has 0 aliphatic heterocycles. The first-order valence-electron chi connectivity index (χ1n) is 11.4. The fraction of sp³-hybridized carbons (Fsp3) is 0.231. The Morgan fingerprint density at radius 2 is 1.65 bits per heavy atom. The van der Waals surface area contributed by atoms with Crippen molar-refractivity contribution in [3.8, 4) is 5.75 Å². The number of hydrogen-bond acceptors (Lipinski definition) is 6. The van der Waals surface area contributed by atoms with E-state index in [4.69, 9.17) is 9.84 Å². The summed E-state index contributed by atoms with van der Waals surface area (Å²) in [6.07, 6.45) is 0. The Morgan fingerprint density at radius 1 is 1.00 bits per heavy atom. The van der Waals surface area contributed by atoms with Crippen molar-refractivity contribution in [2.45, 2.75) is 24.4 Å². The van der Waals surface area contributed by atoms with Crippen molar-refractivity contribution in [2.24, 2.45) is 0 Å². The number of carbonyl (C=O) groups excluding carboxylic acids is 2. The zero-order valence-electron chi connectivity index (χ0n) is 20.1. The summed E-state index contributed by atoms with van der Waals surface area (Å²) in [5.41, 5.74) is 1.03. The molecule has 0 aliphatic carbocycles. The van der Waals surface area contributed by atoms with Crippen LogP contribution in [0.25, 0.3) is 0 Å². The molecule has 0 saturated carbocycles. The molecule has 3 rings (SSSR count). The van der Waals surface area contributed by atoms with E-state index in [2.05, 4.69) is 10.0 Å². The van der Waals surface area contributed by atoms with E-state index in [1.807, 2.05) is 30.3 Å². The molecule has 0 fully saturated rings. The second-order valence-corrected chi connectivity index (χ2v) is 9.75. The summed E-state index contributed by atoms with van der Waals surface area (Å²) in [6.45, 7) is 1.21. The minimum absolute atomic E-state index is 0.0459. The third kappa shape index (κ3) is 8.02. The number of nitrogens with one attached hydrogen (secondary N) is 2. The predicted molar refractivity (Wildman–Crippen MR) is 136 cm³/mol. The molecule has 196 valence electrons. The van der Waals surface area contributed by atoms with Gasteiger partial charge in [0.2, 0.25) is 5.91 Å². The summed E-state index contributed by atoms with van der Waals surface area (Å²) in [4.78, 5) is 26.8. The first-order valence-corrected chi connectivity index (χ1v) is 12.9. The largest absolute Gasteiger partial charge is 0.484 e. The lowest BCUT2D eigenvalue weighted by atomic mass is 10.1. The Hall–Kier alpha value is -3.96. The number of amides is 2. The molecule has 3 N–H and O–H groups in total. The van der Waals surface area contributed by atoms with E-state index >= 15 is 0 Å². The van der Waals surface area contributed by atoms with Crippen LogP contribution in [-0.2, 0) is 26.2 Å². The van der Waals surface area contributed by atoms with Gasteiger partial charge in [0.1, 0.15) is 17.6 Å². The highest BCUT2D eigenvalue weighted by atomic mass is 32.2. The third-order valence-corrected chi connectivity index (χ3v) is 6.76. The standard InChI is InChI=1S/C26H28FN3O6S/c1-19(26(33)28-15-16-31)30(17-20-5-3-2-4-6-20)25(32)18-36-23-11-13-24(14-12-23)37(34,35)29-22-9-7-21(27)8-10-22/h2-14,19,29,31H,15-18H2,1H3,(H,28,33)/t19-/m1/s1. The first-order chi connectivity index (χ1) is 17.7. The van der Waals surface area contributed by atoms with Crippen molar-refractivity contribution in [1.82, 2.24) is 10.2 Å². The number of ether oxygens (including phenoxy) is 1. The van der Waals surface area contributed by atoms with E-state index in [9.17, 15) is 22.4 Å². The maximum absolute atomic E-state index is 13.1. The highest BCUT2D eigenvalue weighted by molar-refractivity contribution is 7.92. The van der Waals surface area contributed by atoms with Crippen molar-refractivity contribution >= 4 is 27.5 Å². The maximum Gasteiger partial charge on any atom is 0.261 e. The van der Waals surface area contributed by atoms with E-state index in [1.165, 1.54) is 41.3 Å². The van der Waals surface area contributed by atoms with Gasteiger partial charge in [0.25, 0.3) is 15.9 Å². The van der Waals surface area contributed by atoms with Crippen LogP contribution in [0.3, 0.4) is 0 Å². The number of carbonyl (C=O) groups is 2. The molecule has 0 saturated heterocycles. The van der Waals surface area contributed by atoms with E-state index in [-0.39, 0.29) is 42.6 Å². The number of rotatable bonds is 12. The Kier molecular flexibility index (Phi) is 9.58. The lowest BCUT2D eigenvalue weighted by Gasteiger charge is -2.28. The van der Waals surface area contributed by atoms with Gasteiger partial charge in [-0.3, -0.25) is 14.3 Å². The van der Waals surface area contributed by atoms with Gasteiger partial charge < -0.3 is 20.1 Å². The number of nitrogens with zero attached hydrogens (tertiary/aromatic N) is 1. The van der Waals surface area contributed by atoms with Gasteiger partial charge in [0.15, 0.2) is 6.61 Å². The van der Waals surface area contributed by atoms with Crippen LogP contribution < -0.4 is 14.8 Å². The number of aliphatic hydroxyl groups excluding tert-OH is 1. The minimum atomic E-state index is -3.92. The molecule has 3 aromatic carbocycles. The Balaban J connectivity index is 1.66. The van der Waals surface area contributed by atoms with Gasteiger partial charge >= 0.3 is 0 Å². The van der Waals surface area contributed by atoms with Crippen LogP contribution >= 0.6 is 0 Å². The SMILES string of the molecule is C[C@H](C(=O)NCCO)N(Cc1ccccc1)C(=O)COc1ccc(S(=O)(=O)Nc2ccc(F)cc2)cc1. The van der Waals surface area contributed by atoms with Gasteiger partial charge in [-0.25, -0.2) is 12.8 Å². The zero-order valence-corrected chi connectivity index (χ0v) is 20.9. The van der Waals surface area contributed by atoms with Gasteiger partial charge in [-0.05, 0) is 61.0 Å². The monoisotopic (exact) mass is 529 g/mol. The molecular weight excluding hydrogens is 501 g/mol. The van der Waals surface area contributed by atoms with Crippen LogP contribution in [0, 0.1) is 5.82 Å². The lowest BCUT2D eigenvalue weighted by molar-refractivity contribution is -0.142. The van der Waals surface area contributed by atoms with E-state index in [0.29, 0.717) is 0 Å². The number of hydrogen-bond donors (Lipinski definition) is 3. The molecule has 0 aliphatic rings. The van der Waals surface area contributed by atoms with Crippen LogP contribution in [0.4, 0.5) is 10.1 Å². The number of anilines is 1. The Labute approximate surface area is 214 Å². The summed E-state index contributed by atoms with van der Waals surface area (Å²) in [7, 11) is -3.92. The van der Waals surface area contributed by atoms with E-state index in [0.717, 1.165) is 17.7 Å². The summed E-state index contributed by atoms with van der Waals surface area (Å²) in [5.74, 6) is -1.10. The molecule has 0 unspecified atom stereocenters. The molecule has 0 heterocycles. The van der Waals surface area contributed by atoms with Crippen LogP contribution in [0.5, 0.6) is 5.75 Å². The Bertz CT molecular complexity index is 1290. The van der Waals surface area contributed by atoms with E-state index in [1.54, 1.807) is 6.92 Å². The lowest BCUT2D eigenvalue weighted by Crippen LogP contribution is -2.49. The van der Waals surface area contributed by atoms with Crippen molar-refractivity contribution in [3.05, 3.63) is 90.2 Å². The topological polar surface area (TPSA) is 125 Å². The van der Waals surface area contributed by atoms with Gasteiger partial charge in [-0.2, -0.15) is 0 Å². The molecule has 0 radical (unpaired) electrons. The molecule has 0 spiro atoms. The summed E-state index contributed by atoms with van der Waals surface area (Å²) in [5, 5.41) is 11.5. The van der Waals surface area contributed by atoms with Crippen LogP contribution in [0.2, 0.25) is 0 Å². The van der Waals surface area contributed by atoms with Gasteiger partial charge in [-0.1, -0.05) is 30.3 Å². The van der Waals surface area contributed by atoms with Crippen molar-refractivity contribution < 1.29 is 32.2 Å². The highest BCUT2D eigenvalue weighted by Gasteiger charge is 2.26. The second-order valence-electron chi connectivity index (χ2n) is 8.07. The van der Waals surface area contributed by atoms with Crippen molar-refractivity contribution in [2.75, 3.05) is 24.5 Å². The molecule has 0 bridgehead atoms. The minimum Gasteiger partial charge on any atom is -0.484 e. The molecule has 3 aromatic rings. The summed E-state index contributed by atoms with van der Waals surface area (Å²) >= 11 is 0. The average Bonchev–Trinajstić information content (AvgIpc) is 2.90. The third-order valence-electron chi connectivity index (χ3n) is 5.37. The highest BCUT2D eigenvalue weighted by Crippen LogP contribution is 2.20. The normalized spacial score (nSPS) is 11.9. The molecular formula is C26H28FN3O6S. The molecule has 0 aromatic heterocycles. The zero-order chi connectivity index (χ0) is 26.8. The van der Waals surface area contributed by atoms with Crippen LogP contribution in [-0.4, -0.2) is 56.0 Å². The molecule has 2 amide bonds.